The molecule has 2 saturated heterocycles. The summed E-state index contributed by atoms with van der Waals surface area (Å²) in [6.07, 6.45) is 2.27. The van der Waals surface area contributed by atoms with E-state index < -0.39 is 0 Å². The van der Waals surface area contributed by atoms with Gasteiger partial charge in [0.05, 0.1) is 11.5 Å². The van der Waals surface area contributed by atoms with Crippen LogP contribution in [0.5, 0.6) is 0 Å². The maximum Gasteiger partial charge on any atom is 0.311 e. The average molecular weight is 243 g/mol. The molecule has 0 bridgehead atoms. The van der Waals surface area contributed by atoms with Crippen LogP contribution in [0.2, 0.25) is 0 Å². The van der Waals surface area contributed by atoms with Gasteiger partial charge in [-0.15, -0.1) is 0 Å². The van der Waals surface area contributed by atoms with Crippen molar-refractivity contribution in [2.45, 2.75) is 24.9 Å². The zero-order chi connectivity index (χ0) is 12.2. The third-order valence-corrected chi connectivity index (χ3v) is 5.11. The van der Waals surface area contributed by atoms with Crippen LogP contribution < -0.4 is 0 Å². The van der Waals surface area contributed by atoms with Crippen molar-refractivity contribution in [1.29, 1.82) is 0 Å². The lowest BCUT2D eigenvalue weighted by Gasteiger charge is -2.49. The molecular formula is C15H17NO2. The van der Waals surface area contributed by atoms with Gasteiger partial charge in [0.1, 0.15) is 6.61 Å². The molecule has 0 amide bonds. The van der Waals surface area contributed by atoms with Crippen LogP contribution in [0.25, 0.3) is 0 Å². The largest absolute Gasteiger partial charge is 0.463 e. The number of hydrogen-bond donors (Lipinski definition) is 0. The highest BCUT2D eigenvalue weighted by Crippen LogP contribution is 2.58. The van der Waals surface area contributed by atoms with E-state index in [0.29, 0.717) is 12.5 Å². The summed E-state index contributed by atoms with van der Waals surface area (Å²) in [7, 11) is 0. The van der Waals surface area contributed by atoms with Crippen LogP contribution in [-0.2, 0) is 16.1 Å². The maximum atomic E-state index is 11.7. The minimum atomic E-state index is 0.0335. The molecule has 1 saturated carbocycles. The second-order valence-corrected chi connectivity index (χ2v) is 5.78. The number of benzene rings is 1. The Kier molecular flexibility index (Phi) is 2.10. The third-order valence-electron chi connectivity index (χ3n) is 5.11. The highest BCUT2D eigenvalue weighted by Gasteiger charge is 2.68. The van der Waals surface area contributed by atoms with Gasteiger partial charge in [-0.3, -0.25) is 9.69 Å². The van der Waals surface area contributed by atoms with E-state index in [1.54, 1.807) is 0 Å². The fourth-order valence-electron chi connectivity index (χ4n) is 4.11. The van der Waals surface area contributed by atoms with E-state index >= 15 is 0 Å². The number of cyclic esters (lactones) is 1. The number of ether oxygens (including phenoxy) is 1. The summed E-state index contributed by atoms with van der Waals surface area (Å²) in [6, 6.07) is 10.5. The van der Waals surface area contributed by atoms with Gasteiger partial charge < -0.3 is 4.74 Å². The van der Waals surface area contributed by atoms with Crippen LogP contribution in [0.3, 0.4) is 0 Å². The first kappa shape index (κ1) is 10.6. The minimum Gasteiger partial charge on any atom is -0.463 e. The first-order valence-electron chi connectivity index (χ1n) is 6.76. The van der Waals surface area contributed by atoms with Crippen molar-refractivity contribution in [3.8, 4) is 0 Å². The molecule has 3 aliphatic rings. The van der Waals surface area contributed by atoms with Crippen LogP contribution in [-0.4, -0.2) is 29.6 Å². The Morgan fingerprint density at radius 1 is 1.33 bits per heavy atom. The summed E-state index contributed by atoms with van der Waals surface area (Å²) in [6.45, 7) is 2.67. The monoisotopic (exact) mass is 243 g/mol. The van der Waals surface area contributed by atoms with Crippen LogP contribution in [0, 0.1) is 11.8 Å². The fourth-order valence-corrected chi connectivity index (χ4v) is 4.11. The van der Waals surface area contributed by atoms with E-state index in [-0.39, 0.29) is 17.4 Å². The van der Waals surface area contributed by atoms with Crippen molar-refractivity contribution in [2.75, 3.05) is 13.2 Å². The van der Waals surface area contributed by atoms with Crippen molar-refractivity contribution in [3.05, 3.63) is 35.9 Å². The molecule has 4 rings (SSSR count). The molecule has 1 aromatic carbocycles. The van der Waals surface area contributed by atoms with E-state index in [1.165, 1.54) is 12.0 Å². The summed E-state index contributed by atoms with van der Waals surface area (Å²) < 4.78 is 5.33. The van der Waals surface area contributed by atoms with Gasteiger partial charge in [-0.25, -0.2) is 0 Å². The van der Waals surface area contributed by atoms with Gasteiger partial charge in [0.25, 0.3) is 0 Å². The highest BCUT2D eigenvalue weighted by atomic mass is 16.5. The summed E-state index contributed by atoms with van der Waals surface area (Å²) in [5.74, 6) is 0.859. The Morgan fingerprint density at radius 3 is 2.94 bits per heavy atom. The highest BCUT2D eigenvalue weighted by molar-refractivity contribution is 5.78. The SMILES string of the molecule is O=C1OC[C@]23[C@H](CCN2Cc2ccccc2)C[C@@H]13. The molecule has 3 heteroatoms. The fraction of sp³-hybridized carbons (Fsp3) is 0.533. The van der Waals surface area contributed by atoms with Crippen LogP contribution in [0.1, 0.15) is 18.4 Å². The standard InChI is InChI=1S/C15H17NO2/c17-14-13-8-12-6-7-16(15(12,13)10-18-14)9-11-4-2-1-3-5-11/h1-5,12-13H,6-10H2/t12-,13+,15-/m1/s1. The van der Waals surface area contributed by atoms with E-state index in [2.05, 4.69) is 29.2 Å². The summed E-state index contributed by atoms with van der Waals surface area (Å²) >= 11 is 0. The smallest absolute Gasteiger partial charge is 0.311 e. The molecule has 1 aromatic rings. The van der Waals surface area contributed by atoms with Crippen molar-refractivity contribution < 1.29 is 9.53 Å². The molecular weight excluding hydrogens is 226 g/mol. The van der Waals surface area contributed by atoms with Crippen LogP contribution in [0.15, 0.2) is 30.3 Å². The Bertz CT molecular complexity index is 487. The molecule has 0 unspecified atom stereocenters. The Balaban J connectivity index is 1.61. The first-order chi connectivity index (χ1) is 8.80. The molecule has 0 aromatic heterocycles. The second kappa shape index (κ2) is 3.58. The van der Waals surface area contributed by atoms with Crippen molar-refractivity contribution in [1.82, 2.24) is 4.90 Å². The summed E-state index contributed by atoms with van der Waals surface area (Å²) in [5, 5.41) is 0. The van der Waals surface area contributed by atoms with Crippen molar-refractivity contribution >= 4 is 5.97 Å². The number of likely N-dealkylation sites (tertiary alicyclic amines) is 1. The van der Waals surface area contributed by atoms with Gasteiger partial charge in [-0.05, 0) is 30.9 Å². The number of nitrogens with zero attached hydrogens (tertiary/aromatic N) is 1. The number of rotatable bonds is 2. The van der Waals surface area contributed by atoms with E-state index in [4.69, 9.17) is 4.74 Å². The predicted octanol–water partition coefficient (Wildman–Crippen LogP) is 1.82. The van der Waals surface area contributed by atoms with Gasteiger partial charge in [0.2, 0.25) is 0 Å². The zero-order valence-electron chi connectivity index (χ0n) is 10.3. The van der Waals surface area contributed by atoms with Crippen LogP contribution in [0.4, 0.5) is 0 Å². The average Bonchev–Trinajstić information content (AvgIpc) is 2.77. The summed E-state index contributed by atoms with van der Waals surface area (Å²) in [4.78, 5) is 14.2. The minimum absolute atomic E-state index is 0.0335. The first-order valence-corrected chi connectivity index (χ1v) is 6.76. The van der Waals surface area contributed by atoms with E-state index in [1.807, 2.05) is 6.07 Å². The molecule has 2 heterocycles. The van der Waals surface area contributed by atoms with E-state index in [0.717, 1.165) is 19.5 Å². The number of hydrogen-bond acceptors (Lipinski definition) is 3. The molecule has 2 aliphatic heterocycles. The molecule has 1 spiro atoms. The van der Waals surface area contributed by atoms with Gasteiger partial charge in [0, 0.05) is 6.54 Å². The van der Waals surface area contributed by atoms with Crippen LogP contribution >= 0.6 is 0 Å². The van der Waals surface area contributed by atoms with Crippen molar-refractivity contribution in [2.24, 2.45) is 11.8 Å². The molecule has 3 nitrogen and oxygen atoms in total. The van der Waals surface area contributed by atoms with Gasteiger partial charge in [-0.1, -0.05) is 30.3 Å². The number of esters is 1. The quantitative estimate of drug-likeness (QED) is 0.742. The molecule has 0 N–H and O–H groups in total. The lowest BCUT2D eigenvalue weighted by molar-refractivity contribution is -0.143. The molecule has 3 fully saturated rings. The molecule has 3 atom stereocenters. The zero-order valence-corrected chi connectivity index (χ0v) is 10.3. The van der Waals surface area contributed by atoms with E-state index in [9.17, 15) is 4.79 Å². The Morgan fingerprint density at radius 2 is 2.17 bits per heavy atom. The molecule has 94 valence electrons. The lowest BCUT2D eigenvalue weighted by atomic mass is 9.60. The van der Waals surface area contributed by atoms with Crippen molar-refractivity contribution in [3.63, 3.8) is 0 Å². The Labute approximate surface area is 107 Å². The maximum absolute atomic E-state index is 11.7. The topological polar surface area (TPSA) is 29.5 Å². The summed E-state index contributed by atoms with van der Waals surface area (Å²) in [5.41, 5.74) is 1.38. The molecule has 1 aliphatic carbocycles. The van der Waals surface area contributed by atoms with Gasteiger partial charge in [0.15, 0.2) is 0 Å². The Hall–Kier alpha value is -1.35. The third kappa shape index (κ3) is 1.20. The normalized spacial score (nSPS) is 37.9. The lowest BCUT2D eigenvalue weighted by Crippen LogP contribution is -2.61. The number of carbonyl (C=O) groups excluding carboxylic acids is 1. The number of carbonyl (C=O) groups is 1. The second-order valence-electron chi connectivity index (χ2n) is 5.78. The molecule has 0 radical (unpaired) electrons. The van der Waals surface area contributed by atoms with Gasteiger partial charge >= 0.3 is 5.97 Å². The molecule has 18 heavy (non-hydrogen) atoms. The predicted molar refractivity (Wildman–Crippen MR) is 66.8 cm³/mol. The van der Waals surface area contributed by atoms with Gasteiger partial charge in [-0.2, -0.15) is 0 Å².